The van der Waals surface area contributed by atoms with Gasteiger partial charge in [-0.1, -0.05) is 42.5 Å². The van der Waals surface area contributed by atoms with Crippen LogP contribution in [-0.4, -0.2) is 46.6 Å². The molecule has 6 N–H and O–H groups in total. The largest absolute Gasteiger partial charge is 0.508 e. The van der Waals surface area contributed by atoms with Crippen LogP contribution in [0.25, 0.3) is 0 Å². The predicted octanol–water partition coefficient (Wildman–Crippen LogP) is 0.190. The number of phenolic OH excluding ortho intramolecular Hbond substituents is 1. The third-order valence-electron chi connectivity index (χ3n) is 4.07. The van der Waals surface area contributed by atoms with Crippen LogP contribution in [0.1, 0.15) is 11.1 Å². The summed E-state index contributed by atoms with van der Waals surface area (Å²) in [6, 6.07) is 13.3. The van der Waals surface area contributed by atoms with Crippen LogP contribution in [0.4, 0.5) is 0 Å². The van der Waals surface area contributed by atoms with Crippen LogP contribution in [0.15, 0.2) is 54.6 Å². The first-order valence-corrected chi connectivity index (χ1v) is 8.72. The molecule has 2 rings (SSSR count). The van der Waals surface area contributed by atoms with Crippen molar-refractivity contribution in [2.75, 3.05) is 6.54 Å². The topological polar surface area (TPSA) is 142 Å². The molecule has 0 saturated heterocycles. The molecule has 0 aliphatic rings. The fourth-order valence-electron chi connectivity index (χ4n) is 2.57. The zero-order chi connectivity index (χ0) is 20.5. The summed E-state index contributed by atoms with van der Waals surface area (Å²) in [6.45, 7) is -0.374. The van der Waals surface area contributed by atoms with E-state index in [0.717, 1.165) is 5.56 Å². The summed E-state index contributed by atoms with van der Waals surface area (Å²) in [5, 5.41) is 23.3. The van der Waals surface area contributed by atoms with Gasteiger partial charge in [0.2, 0.25) is 11.8 Å². The average molecular weight is 385 g/mol. The number of phenols is 1. The monoisotopic (exact) mass is 385 g/mol. The van der Waals surface area contributed by atoms with Gasteiger partial charge in [-0.3, -0.25) is 9.59 Å². The number of aliphatic carboxylic acids is 1. The van der Waals surface area contributed by atoms with Crippen LogP contribution in [0.3, 0.4) is 0 Å². The van der Waals surface area contributed by atoms with Gasteiger partial charge in [0.25, 0.3) is 0 Å². The van der Waals surface area contributed by atoms with Crippen molar-refractivity contribution in [1.29, 1.82) is 0 Å². The third-order valence-corrected chi connectivity index (χ3v) is 4.07. The number of carboxylic acid groups (broad SMARTS) is 1. The maximum absolute atomic E-state index is 12.0. The zero-order valence-electron chi connectivity index (χ0n) is 15.2. The molecule has 28 heavy (non-hydrogen) atoms. The second-order valence-electron chi connectivity index (χ2n) is 6.34. The molecule has 0 unspecified atom stereocenters. The van der Waals surface area contributed by atoms with E-state index >= 15 is 0 Å². The molecule has 0 bridgehead atoms. The van der Waals surface area contributed by atoms with E-state index in [1.165, 1.54) is 12.1 Å². The summed E-state index contributed by atoms with van der Waals surface area (Å²) in [6.07, 6.45) is 0.371. The van der Waals surface area contributed by atoms with Gasteiger partial charge in [0.15, 0.2) is 0 Å². The highest BCUT2D eigenvalue weighted by molar-refractivity contribution is 5.89. The fourth-order valence-corrected chi connectivity index (χ4v) is 2.57. The number of carbonyl (C=O) groups excluding carboxylic acids is 2. The van der Waals surface area contributed by atoms with E-state index < -0.39 is 29.9 Å². The molecule has 0 fully saturated rings. The van der Waals surface area contributed by atoms with Crippen molar-refractivity contribution in [3.8, 4) is 5.75 Å². The molecular formula is C20H23N3O5. The Balaban J connectivity index is 1.82. The standard InChI is InChI=1S/C20H23N3O5/c21-16(10-13-4-2-1-3-5-13)19(26)22-12-18(25)23-17(20(27)28)11-14-6-8-15(24)9-7-14/h1-9,16-17,24H,10-12,21H2,(H,22,26)(H,23,25)(H,27,28)/t16-,17-/m0/s1. The first-order valence-electron chi connectivity index (χ1n) is 8.72. The van der Waals surface area contributed by atoms with Crippen LogP contribution in [0.5, 0.6) is 5.75 Å². The summed E-state index contributed by atoms with van der Waals surface area (Å²) in [4.78, 5) is 35.4. The number of nitrogens with two attached hydrogens (primary N) is 1. The second-order valence-corrected chi connectivity index (χ2v) is 6.34. The average Bonchev–Trinajstić information content (AvgIpc) is 2.67. The summed E-state index contributed by atoms with van der Waals surface area (Å²) in [5.74, 6) is -2.27. The predicted molar refractivity (Wildman–Crippen MR) is 103 cm³/mol. The Morgan fingerprint density at radius 1 is 0.929 bits per heavy atom. The van der Waals surface area contributed by atoms with Crippen LogP contribution in [0.2, 0.25) is 0 Å². The molecule has 2 aromatic rings. The van der Waals surface area contributed by atoms with Crippen molar-refractivity contribution in [3.05, 3.63) is 65.7 Å². The summed E-state index contributed by atoms with van der Waals surface area (Å²) in [5.41, 5.74) is 7.38. The van der Waals surface area contributed by atoms with Gasteiger partial charge >= 0.3 is 5.97 Å². The van der Waals surface area contributed by atoms with E-state index in [1.54, 1.807) is 12.1 Å². The van der Waals surface area contributed by atoms with Crippen LogP contribution < -0.4 is 16.4 Å². The van der Waals surface area contributed by atoms with E-state index in [4.69, 9.17) is 5.73 Å². The van der Waals surface area contributed by atoms with Crippen molar-refractivity contribution < 1.29 is 24.6 Å². The van der Waals surface area contributed by atoms with E-state index in [-0.39, 0.29) is 18.7 Å². The van der Waals surface area contributed by atoms with Crippen LogP contribution >= 0.6 is 0 Å². The lowest BCUT2D eigenvalue weighted by Crippen LogP contribution is -2.49. The normalized spacial score (nSPS) is 12.6. The highest BCUT2D eigenvalue weighted by Crippen LogP contribution is 2.11. The number of benzene rings is 2. The number of nitrogens with one attached hydrogen (secondary N) is 2. The summed E-state index contributed by atoms with van der Waals surface area (Å²) >= 11 is 0. The van der Waals surface area contributed by atoms with E-state index in [9.17, 15) is 24.6 Å². The molecule has 0 radical (unpaired) electrons. The number of hydrogen-bond donors (Lipinski definition) is 5. The fraction of sp³-hybridized carbons (Fsp3) is 0.250. The molecule has 8 heteroatoms. The van der Waals surface area contributed by atoms with E-state index in [1.807, 2.05) is 30.3 Å². The first kappa shape index (κ1) is 20.9. The maximum atomic E-state index is 12.0. The van der Waals surface area contributed by atoms with Crippen molar-refractivity contribution in [2.24, 2.45) is 5.73 Å². The second kappa shape index (κ2) is 10.1. The molecule has 0 spiro atoms. The smallest absolute Gasteiger partial charge is 0.326 e. The summed E-state index contributed by atoms with van der Waals surface area (Å²) in [7, 11) is 0. The molecule has 2 aromatic carbocycles. The van der Waals surface area contributed by atoms with Crippen molar-refractivity contribution >= 4 is 17.8 Å². The van der Waals surface area contributed by atoms with Gasteiger partial charge in [0.05, 0.1) is 12.6 Å². The SMILES string of the molecule is N[C@@H](Cc1ccccc1)C(=O)NCC(=O)N[C@@H](Cc1ccc(O)cc1)C(=O)O. The van der Waals surface area contributed by atoms with Gasteiger partial charge in [0, 0.05) is 6.42 Å². The van der Waals surface area contributed by atoms with Gasteiger partial charge in [-0.25, -0.2) is 4.79 Å². The molecule has 148 valence electrons. The molecule has 0 aliphatic heterocycles. The molecule has 8 nitrogen and oxygen atoms in total. The van der Waals surface area contributed by atoms with Gasteiger partial charge in [0.1, 0.15) is 11.8 Å². The van der Waals surface area contributed by atoms with Crippen molar-refractivity contribution in [2.45, 2.75) is 24.9 Å². The number of rotatable bonds is 9. The highest BCUT2D eigenvalue weighted by Gasteiger charge is 2.21. The van der Waals surface area contributed by atoms with Gasteiger partial charge < -0.3 is 26.6 Å². The number of aromatic hydroxyl groups is 1. The number of amides is 2. The molecule has 0 aromatic heterocycles. The Labute approximate surface area is 162 Å². The zero-order valence-corrected chi connectivity index (χ0v) is 15.2. The van der Waals surface area contributed by atoms with Crippen LogP contribution in [-0.2, 0) is 27.2 Å². The van der Waals surface area contributed by atoms with Crippen LogP contribution in [0, 0.1) is 0 Å². The minimum Gasteiger partial charge on any atom is -0.508 e. The minimum absolute atomic E-state index is 0.0445. The molecule has 0 aliphatic carbocycles. The van der Waals surface area contributed by atoms with Crippen molar-refractivity contribution in [1.82, 2.24) is 10.6 Å². The van der Waals surface area contributed by atoms with Gasteiger partial charge in [-0.15, -0.1) is 0 Å². The first-order chi connectivity index (χ1) is 13.3. The van der Waals surface area contributed by atoms with E-state index in [0.29, 0.717) is 12.0 Å². The molecular weight excluding hydrogens is 362 g/mol. The van der Waals surface area contributed by atoms with Gasteiger partial charge in [-0.2, -0.15) is 0 Å². The van der Waals surface area contributed by atoms with E-state index in [2.05, 4.69) is 10.6 Å². The Morgan fingerprint density at radius 2 is 1.54 bits per heavy atom. The Bertz CT molecular complexity index is 808. The molecule has 2 amide bonds. The lowest BCUT2D eigenvalue weighted by molar-refractivity contribution is -0.141. The molecule has 0 saturated carbocycles. The van der Waals surface area contributed by atoms with Gasteiger partial charge in [-0.05, 0) is 29.7 Å². The Morgan fingerprint density at radius 3 is 2.14 bits per heavy atom. The number of carbonyl (C=O) groups is 3. The quantitative estimate of drug-likeness (QED) is 0.417. The number of carboxylic acids is 1. The minimum atomic E-state index is -1.20. The lowest BCUT2D eigenvalue weighted by atomic mass is 10.1. The molecule has 2 atom stereocenters. The maximum Gasteiger partial charge on any atom is 0.326 e. The Hall–Kier alpha value is -3.39. The Kier molecular flexibility index (Phi) is 7.53. The molecule has 0 heterocycles. The highest BCUT2D eigenvalue weighted by atomic mass is 16.4. The van der Waals surface area contributed by atoms with Crippen molar-refractivity contribution in [3.63, 3.8) is 0 Å². The lowest BCUT2D eigenvalue weighted by Gasteiger charge is -2.16. The summed E-state index contributed by atoms with van der Waals surface area (Å²) < 4.78 is 0. The third kappa shape index (κ3) is 6.73. The number of hydrogen-bond acceptors (Lipinski definition) is 5.